The molecular formula is C16H24N2O3. The van der Waals surface area contributed by atoms with E-state index in [1.165, 1.54) is 6.92 Å². The topological polar surface area (TPSA) is 58.6 Å². The van der Waals surface area contributed by atoms with Gasteiger partial charge in [0.15, 0.2) is 0 Å². The molecule has 0 bridgehead atoms. The third-order valence-corrected chi connectivity index (χ3v) is 3.14. The third-order valence-electron chi connectivity index (χ3n) is 3.14. The van der Waals surface area contributed by atoms with Crippen LogP contribution in [0, 0.1) is 5.92 Å². The Kier molecular flexibility index (Phi) is 6.72. The average molecular weight is 292 g/mol. The fourth-order valence-corrected chi connectivity index (χ4v) is 1.87. The van der Waals surface area contributed by atoms with E-state index in [0.717, 1.165) is 6.42 Å². The van der Waals surface area contributed by atoms with Crippen LogP contribution in [0.25, 0.3) is 0 Å². The molecule has 0 aromatic heterocycles. The molecule has 1 rings (SSSR count). The minimum atomic E-state index is -0.224. The molecule has 0 saturated heterocycles. The van der Waals surface area contributed by atoms with E-state index in [0.29, 0.717) is 23.9 Å². The predicted octanol–water partition coefficient (Wildman–Crippen LogP) is 2.53. The van der Waals surface area contributed by atoms with Crippen molar-refractivity contribution in [3.8, 4) is 5.75 Å². The molecule has 1 N–H and O–H groups in total. The van der Waals surface area contributed by atoms with Crippen molar-refractivity contribution in [2.45, 2.75) is 27.2 Å². The van der Waals surface area contributed by atoms with E-state index in [1.54, 1.807) is 24.1 Å². The number of amides is 2. The first-order chi connectivity index (χ1) is 9.93. The van der Waals surface area contributed by atoms with Crippen LogP contribution >= 0.6 is 0 Å². The van der Waals surface area contributed by atoms with Crippen LogP contribution in [0.5, 0.6) is 5.75 Å². The molecule has 0 aliphatic heterocycles. The summed E-state index contributed by atoms with van der Waals surface area (Å²) in [4.78, 5) is 25.2. The van der Waals surface area contributed by atoms with E-state index >= 15 is 0 Å². The lowest BCUT2D eigenvalue weighted by Gasteiger charge is -2.21. The summed E-state index contributed by atoms with van der Waals surface area (Å²) in [5.41, 5.74) is 0.609. The number of para-hydroxylation sites is 2. The van der Waals surface area contributed by atoms with Crippen LogP contribution in [0.1, 0.15) is 27.2 Å². The molecule has 0 atom stereocenters. The maximum absolute atomic E-state index is 12.1. The first-order valence-electron chi connectivity index (χ1n) is 7.12. The van der Waals surface area contributed by atoms with Crippen molar-refractivity contribution in [2.75, 3.05) is 25.5 Å². The van der Waals surface area contributed by atoms with Crippen molar-refractivity contribution < 1.29 is 14.3 Å². The summed E-state index contributed by atoms with van der Waals surface area (Å²) >= 11 is 0. The fraction of sp³-hybridized carbons (Fsp3) is 0.500. The molecule has 0 heterocycles. The standard InChI is InChI=1S/C16H24N2O3/c1-12(2)9-10-18(13(3)19)11-16(20)17-14-7-5-6-8-15(14)21-4/h5-8,12H,9-11H2,1-4H3,(H,17,20). The minimum Gasteiger partial charge on any atom is -0.495 e. The van der Waals surface area contributed by atoms with Crippen LogP contribution in [-0.4, -0.2) is 36.9 Å². The second-order valence-electron chi connectivity index (χ2n) is 5.37. The van der Waals surface area contributed by atoms with Gasteiger partial charge in [0.1, 0.15) is 5.75 Å². The van der Waals surface area contributed by atoms with Crippen molar-refractivity contribution in [2.24, 2.45) is 5.92 Å². The molecule has 0 spiro atoms. The molecule has 0 radical (unpaired) electrons. The molecule has 0 saturated carbocycles. The second kappa shape index (κ2) is 8.29. The van der Waals surface area contributed by atoms with E-state index in [2.05, 4.69) is 19.2 Å². The number of benzene rings is 1. The van der Waals surface area contributed by atoms with E-state index in [9.17, 15) is 9.59 Å². The van der Waals surface area contributed by atoms with E-state index in [-0.39, 0.29) is 18.4 Å². The van der Waals surface area contributed by atoms with Gasteiger partial charge in [-0.25, -0.2) is 0 Å². The van der Waals surface area contributed by atoms with Gasteiger partial charge < -0.3 is 15.0 Å². The summed E-state index contributed by atoms with van der Waals surface area (Å²) in [5.74, 6) is 0.774. The molecule has 0 aliphatic carbocycles. The van der Waals surface area contributed by atoms with E-state index < -0.39 is 0 Å². The third kappa shape index (κ3) is 5.85. The van der Waals surface area contributed by atoms with Gasteiger partial charge in [0.25, 0.3) is 0 Å². The van der Waals surface area contributed by atoms with Gasteiger partial charge >= 0.3 is 0 Å². The van der Waals surface area contributed by atoms with Gasteiger partial charge in [-0.15, -0.1) is 0 Å². The lowest BCUT2D eigenvalue weighted by Crippen LogP contribution is -2.37. The van der Waals surface area contributed by atoms with E-state index in [1.807, 2.05) is 12.1 Å². The molecule has 21 heavy (non-hydrogen) atoms. The zero-order valence-electron chi connectivity index (χ0n) is 13.2. The Morgan fingerprint density at radius 2 is 1.95 bits per heavy atom. The Morgan fingerprint density at radius 1 is 1.29 bits per heavy atom. The van der Waals surface area contributed by atoms with Crippen molar-refractivity contribution in [3.05, 3.63) is 24.3 Å². The summed E-state index contributed by atoms with van der Waals surface area (Å²) < 4.78 is 5.18. The molecule has 1 aromatic carbocycles. The van der Waals surface area contributed by atoms with Crippen molar-refractivity contribution >= 4 is 17.5 Å². The van der Waals surface area contributed by atoms with E-state index in [4.69, 9.17) is 4.74 Å². The Bertz CT molecular complexity index is 486. The highest BCUT2D eigenvalue weighted by Gasteiger charge is 2.15. The monoisotopic (exact) mass is 292 g/mol. The molecule has 0 fully saturated rings. The normalized spacial score (nSPS) is 10.3. The van der Waals surface area contributed by atoms with Gasteiger partial charge in [-0.1, -0.05) is 26.0 Å². The quantitative estimate of drug-likeness (QED) is 0.840. The maximum Gasteiger partial charge on any atom is 0.244 e. The Morgan fingerprint density at radius 3 is 2.52 bits per heavy atom. The smallest absolute Gasteiger partial charge is 0.244 e. The van der Waals surface area contributed by atoms with Gasteiger partial charge in [-0.3, -0.25) is 9.59 Å². The number of anilines is 1. The number of nitrogens with zero attached hydrogens (tertiary/aromatic N) is 1. The predicted molar refractivity (Wildman–Crippen MR) is 83.3 cm³/mol. The maximum atomic E-state index is 12.1. The number of methoxy groups -OCH3 is 1. The number of nitrogens with one attached hydrogen (secondary N) is 1. The SMILES string of the molecule is COc1ccccc1NC(=O)CN(CCC(C)C)C(C)=O. The number of hydrogen-bond donors (Lipinski definition) is 1. The van der Waals surface area contributed by atoms with Crippen molar-refractivity contribution in [1.82, 2.24) is 4.90 Å². The molecule has 2 amide bonds. The summed E-state index contributed by atoms with van der Waals surface area (Å²) in [6.45, 7) is 6.31. The number of ether oxygens (including phenoxy) is 1. The Balaban J connectivity index is 2.63. The lowest BCUT2D eigenvalue weighted by molar-refractivity contribution is -0.132. The highest BCUT2D eigenvalue weighted by molar-refractivity contribution is 5.95. The molecular weight excluding hydrogens is 268 g/mol. The summed E-state index contributed by atoms with van der Waals surface area (Å²) in [5, 5.41) is 2.78. The van der Waals surface area contributed by atoms with Crippen molar-refractivity contribution in [3.63, 3.8) is 0 Å². The first-order valence-corrected chi connectivity index (χ1v) is 7.12. The zero-order chi connectivity index (χ0) is 15.8. The zero-order valence-corrected chi connectivity index (χ0v) is 13.2. The lowest BCUT2D eigenvalue weighted by atomic mass is 10.1. The van der Waals surface area contributed by atoms with Gasteiger partial charge in [-0.05, 0) is 24.5 Å². The van der Waals surface area contributed by atoms with Crippen LogP contribution in [0.2, 0.25) is 0 Å². The fourth-order valence-electron chi connectivity index (χ4n) is 1.87. The molecule has 0 unspecified atom stereocenters. The summed E-state index contributed by atoms with van der Waals surface area (Å²) in [6.07, 6.45) is 0.877. The molecule has 5 nitrogen and oxygen atoms in total. The number of carbonyl (C=O) groups excluding carboxylic acids is 2. The Labute approximate surface area is 126 Å². The molecule has 116 valence electrons. The second-order valence-corrected chi connectivity index (χ2v) is 5.37. The minimum absolute atomic E-state index is 0.0557. The molecule has 0 aliphatic rings. The summed E-state index contributed by atoms with van der Waals surface area (Å²) in [6, 6.07) is 7.19. The summed E-state index contributed by atoms with van der Waals surface area (Å²) in [7, 11) is 1.55. The van der Waals surface area contributed by atoms with Crippen LogP contribution in [0.3, 0.4) is 0 Å². The van der Waals surface area contributed by atoms with Crippen molar-refractivity contribution in [1.29, 1.82) is 0 Å². The number of rotatable bonds is 7. The van der Waals surface area contributed by atoms with Gasteiger partial charge in [0.2, 0.25) is 11.8 Å². The number of hydrogen-bond acceptors (Lipinski definition) is 3. The van der Waals surface area contributed by atoms with Gasteiger partial charge in [0.05, 0.1) is 19.3 Å². The highest BCUT2D eigenvalue weighted by Crippen LogP contribution is 2.22. The van der Waals surface area contributed by atoms with Gasteiger partial charge in [-0.2, -0.15) is 0 Å². The first kappa shape index (κ1) is 17.0. The average Bonchev–Trinajstić information content (AvgIpc) is 2.43. The van der Waals surface area contributed by atoms with Crippen LogP contribution in [0.4, 0.5) is 5.69 Å². The molecule has 1 aromatic rings. The van der Waals surface area contributed by atoms with Gasteiger partial charge in [0, 0.05) is 13.5 Å². The van der Waals surface area contributed by atoms with Crippen LogP contribution in [0.15, 0.2) is 24.3 Å². The highest BCUT2D eigenvalue weighted by atomic mass is 16.5. The van der Waals surface area contributed by atoms with Crippen LogP contribution < -0.4 is 10.1 Å². The number of carbonyl (C=O) groups is 2. The molecule has 5 heteroatoms. The van der Waals surface area contributed by atoms with Crippen LogP contribution in [-0.2, 0) is 9.59 Å². The largest absolute Gasteiger partial charge is 0.495 e. The Hall–Kier alpha value is -2.04.